The average molecular weight is 348 g/mol. The van der Waals surface area contributed by atoms with Crippen LogP contribution in [-0.2, 0) is 13.2 Å². The second-order valence-electron chi connectivity index (χ2n) is 5.92. The van der Waals surface area contributed by atoms with Crippen LogP contribution in [0.25, 0.3) is 0 Å². The molecule has 3 aromatic rings. The normalized spacial score (nSPS) is 10.3. The average Bonchev–Trinajstić information content (AvgIpc) is 2.67. The van der Waals surface area contributed by atoms with E-state index in [1.54, 1.807) is 0 Å². The highest BCUT2D eigenvalue weighted by Gasteiger charge is 2.15. The van der Waals surface area contributed by atoms with Crippen LogP contribution >= 0.6 is 0 Å². The minimum atomic E-state index is -0.235. The smallest absolute Gasteiger partial charge is 0.165 e. The van der Waals surface area contributed by atoms with Gasteiger partial charge in [-0.2, -0.15) is 0 Å². The van der Waals surface area contributed by atoms with Crippen LogP contribution in [0.5, 0.6) is 17.2 Å². The van der Waals surface area contributed by atoms with Crippen molar-refractivity contribution < 1.29 is 19.4 Å². The highest BCUT2D eigenvalue weighted by Crippen LogP contribution is 2.35. The maximum atomic E-state index is 11.7. The number of rotatable bonds is 7. The van der Waals surface area contributed by atoms with Crippen LogP contribution in [0, 0.1) is 0 Å². The molecule has 26 heavy (non-hydrogen) atoms. The summed E-state index contributed by atoms with van der Waals surface area (Å²) in [5.74, 6) is 0.467. The summed E-state index contributed by atoms with van der Waals surface area (Å²) in [6.45, 7) is 2.08. The largest absolute Gasteiger partial charge is 0.507 e. The van der Waals surface area contributed by atoms with Gasteiger partial charge < -0.3 is 14.6 Å². The number of ether oxygens (including phenoxy) is 2. The Kier molecular flexibility index (Phi) is 5.54. The molecule has 0 atom stereocenters. The van der Waals surface area contributed by atoms with Gasteiger partial charge in [-0.25, -0.2) is 0 Å². The van der Waals surface area contributed by atoms with Crippen molar-refractivity contribution >= 4 is 5.78 Å². The van der Waals surface area contributed by atoms with Crippen molar-refractivity contribution in [1.82, 2.24) is 0 Å². The van der Waals surface area contributed by atoms with Gasteiger partial charge in [0.1, 0.15) is 19.0 Å². The predicted molar refractivity (Wildman–Crippen MR) is 99.7 cm³/mol. The van der Waals surface area contributed by atoms with E-state index in [2.05, 4.69) is 0 Å². The van der Waals surface area contributed by atoms with Crippen molar-refractivity contribution in [3.8, 4) is 17.2 Å². The highest BCUT2D eigenvalue weighted by molar-refractivity contribution is 5.97. The molecule has 3 rings (SSSR count). The summed E-state index contributed by atoms with van der Waals surface area (Å²) in [6, 6.07) is 22.4. The van der Waals surface area contributed by atoms with E-state index in [0.717, 1.165) is 11.1 Å². The van der Waals surface area contributed by atoms with Crippen molar-refractivity contribution in [2.45, 2.75) is 20.1 Å². The second-order valence-corrected chi connectivity index (χ2v) is 5.92. The molecule has 0 amide bonds. The van der Waals surface area contributed by atoms with Crippen molar-refractivity contribution in [2.75, 3.05) is 0 Å². The van der Waals surface area contributed by atoms with Crippen molar-refractivity contribution in [1.29, 1.82) is 0 Å². The van der Waals surface area contributed by atoms with E-state index in [0.29, 0.717) is 24.7 Å². The van der Waals surface area contributed by atoms with Crippen molar-refractivity contribution in [3.63, 3.8) is 0 Å². The summed E-state index contributed by atoms with van der Waals surface area (Å²) < 4.78 is 11.7. The molecule has 0 spiro atoms. The summed E-state index contributed by atoms with van der Waals surface area (Å²) >= 11 is 0. The number of aromatic hydroxyl groups is 1. The number of Topliss-reactive ketones (excluding diaryl/α,β-unsaturated/α-hetero) is 1. The fourth-order valence-corrected chi connectivity index (χ4v) is 2.53. The molecule has 0 heterocycles. The Morgan fingerprint density at radius 3 is 1.73 bits per heavy atom. The fraction of sp³-hybridized carbons (Fsp3) is 0.136. The Morgan fingerprint density at radius 2 is 1.27 bits per heavy atom. The van der Waals surface area contributed by atoms with Gasteiger partial charge in [-0.1, -0.05) is 60.7 Å². The molecule has 0 saturated heterocycles. The Bertz CT molecular complexity index is 873. The standard InChI is InChI=1S/C22H20O4/c1-16(23)19-12-21(25-14-17-8-4-2-5-9-17)22(13-20(19)24)26-15-18-10-6-3-7-11-18/h2-13,24H,14-15H2,1H3. The molecule has 0 unspecified atom stereocenters. The number of hydrogen-bond acceptors (Lipinski definition) is 4. The molecule has 4 nitrogen and oxygen atoms in total. The maximum Gasteiger partial charge on any atom is 0.165 e. The molecule has 132 valence electrons. The van der Waals surface area contributed by atoms with Crippen molar-refractivity contribution in [3.05, 3.63) is 89.5 Å². The van der Waals surface area contributed by atoms with Gasteiger partial charge in [-0.05, 0) is 24.1 Å². The lowest BCUT2D eigenvalue weighted by Crippen LogP contribution is -2.03. The van der Waals surface area contributed by atoms with E-state index in [9.17, 15) is 9.90 Å². The molecule has 0 bridgehead atoms. The SMILES string of the molecule is CC(=O)c1cc(OCc2ccccc2)c(OCc2ccccc2)cc1O. The topological polar surface area (TPSA) is 55.8 Å². The Labute approximate surface area is 152 Å². The number of phenols is 1. The van der Waals surface area contributed by atoms with Crippen LogP contribution in [0.4, 0.5) is 0 Å². The Balaban J connectivity index is 1.83. The summed E-state index contributed by atoms with van der Waals surface area (Å²) in [4.78, 5) is 11.7. The molecule has 0 aliphatic heterocycles. The molecule has 0 saturated carbocycles. The number of ketones is 1. The minimum absolute atomic E-state index is 0.118. The molecule has 1 N–H and O–H groups in total. The number of carbonyl (C=O) groups excluding carboxylic acids is 1. The predicted octanol–water partition coefficient (Wildman–Crippen LogP) is 4.75. The third kappa shape index (κ3) is 4.42. The van der Waals surface area contributed by atoms with E-state index in [-0.39, 0.29) is 17.1 Å². The fourth-order valence-electron chi connectivity index (χ4n) is 2.53. The van der Waals surface area contributed by atoms with E-state index in [4.69, 9.17) is 9.47 Å². The quantitative estimate of drug-likeness (QED) is 0.626. The third-order valence-electron chi connectivity index (χ3n) is 3.92. The number of phenolic OH excluding ortho intramolecular Hbond substituents is 1. The van der Waals surface area contributed by atoms with Gasteiger partial charge >= 0.3 is 0 Å². The lowest BCUT2D eigenvalue weighted by molar-refractivity contribution is 0.101. The highest BCUT2D eigenvalue weighted by atomic mass is 16.5. The zero-order valence-corrected chi connectivity index (χ0v) is 14.5. The van der Waals surface area contributed by atoms with Crippen molar-refractivity contribution in [2.24, 2.45) is 0 Å². The van der Waals surface area contributed by atoms with E-state index < -0.39 is 0 Å². The summed E-state index contributed by atoms with van der Waals surface area (Å²) in [5.41, 5.74) is 2.20. The van der Waals surface area contributed by atoms with E-state index in [1.165, 1.54) is 19.1 Å². The third-order valence-corrected chi connectivity index (χ3v) is 3.92. The number of hydrogen-bond donors (Lipinski definition) is 1. The van der Waals surface area contributed by atoms with Crippen LogP contribution in [0.15, 0.2) is 72.8 Å². The van der Waals surface area contributed by atoms with Crippen LogP contribution < -0.4 is 9.47 Å². The molecule has 0 radical (unpaired) electrons. The van der Waals surface area contributed by atoms with Crippen LogP contribution in [0.3, 0.4) is 0 Å². The lowest BCUT2D eigenvalue weighted by atomic mass is 10.1. The number of carbonyl (C=O) groups is 1. The first-order chi connectivity index (χ1) is 12.6. The summed E-state index contributed by atoms with van der Waals surface area (Å²) in [5, 5.41) is 10.1. The second kappa shape index (κ2) is 8.21. The zero-order valence-electron chi connectivity index (χ0n) is 14.5. The van der Waals surface area contributed by atoms with Gasteiger partial charge in [0.25, 0.3) is 0 Å². The van der Waals surface area contributed by atoms with Gasteiger partial charge in [0.2, 0.25) is 0 Å². The molecule has 0 aliphatic carbocycles. The van der Waals surface area contributed by atoms with Gasteiger partial charge in [-0.3, -0.25) is 4.79 Å². The molecule has 0 aliphatic rings. The molecular weight excluding hydrogens is 328 g/mol. The van der Waals surface area contributed by atoms with Gasteiger partial charge in [0, 0.05) is 6.07 Å². The van der Waals surface area contributed by atoms with E-state index >= 15 is 0 Å². The monoisotopic (exact) mass is 348 g/mol. The van der Waals surface area contributed by atoms with Crippen LogP contribution in [0.1, 0.15) is 28.4 Å². The van der Waals surface area contributed by atoms with Crippen LogP contribution in [-0.4, -0.2) is 10.9 Å². The van der Waals surface area contributed by atoms with E-state index in [1.807, 2.05) is 60.7 Å². The molecular formula is C22H20O4. The first-order valence-corrected chi connectivity index (χ1v) is 8.35. The number of benzene rings is 3. The Hall–Kier alpha value is -3.27. The molecule has 0 aromatic heterocycles. The Morgan fingerprint density at radius 1 is 0.808 bits per heavy atom. The zero-order chi connectivity index (χ0) is 18.4. The molecule has 4 heteroatoms. The maximum absolute atomic E-state index is 11.7. The van der Waals surface area contributed by atoms with Crippen LogP contribution in [0.2, 0.25) is 0 Å². The minimum Gasteiger partial charge on any atom is -0.507 e. The molecule has 3 aromatic carbocycles. The first-order valence-electron chi connectivity index (χ1n) is 8.35. The lowest BCUT2D eigenvalue weighted by Gasteiger charge is -2.15. The molecule has 0 fully saturated rings. The summed E-state index contributed by atoms with van der Waals surface area (Å²) in [7, 11) is 0. The van der Waals surface area contributed by atoms with Gasteiger partial charge in [-0.15, -0.1) is 0 Å². The summed E-state index contributed by atoms with van der Waals surface area (Å²) in [6.07, 6.45) is 0. The van der Waals surface area contributed by atoms with Gasteiger partial charge in [0.05, 0.1) is 5.56 Å². The first kappa shape index (κ1) is 17.5. The van der Waals surface area contributed by atoms with Gasteiger partial charge in [0.15, 0.2) is 17.3 Å².